The summed E-state index contributed by atoms with van der Waals surface area (Å²) in [7, 11) is 0. The number of hydrogen-bond donors (Lipinski definition) is 1. The third kappa shape index (κ3) is 4.27. The van der Waals surface area contributed by atoms with Gasteiger partial charge >= 0.3 is 5.97 Å². The van der Waals surface area contributed by atoms with E-state index in [0.29, 0.717) is 11.1 Å². The van der Waals surface area contributed by atoms with Crippen molar-refractivity contribution in [3.63, 3.8) is 0 Å². The Kier molecular flexibility index (Phi) is 5.73. The van der Waals surface area contributed by atoms with Gasteiger partial charge in [0.2, 0.25) is 11.7 Å². The van der Waals surface area contributed by atoms with Gasteiger partial charge in [-0.3, -0.25) is 4.79 Å². The van der Waals surface area contributed by atoms with Gasteiger partial charge in [0, 0.05) is 12.6 Å². The maximum absolute atomic E-state index is 12.3. The zero-order valence-electron chi connectivity index (χ0n) is 12.2. The van der Waals surface area contributed by atoms with E-state index in [-0.39, 0.29) is 17.4 Å². The van der Waals surface area contributed by atoms with Crippen LogP contribution in [0.25, 0.3) is 0 Å². The second-order valence-electron chi connectivity index (χ2n) is 5.18. The molecule has 1 heterocycles. The van der Waals surface area contributed by atoms with E-state index in [9.17, 15) is 9.59 Å². The maximum atomic E-state index is 12.3. The number of hydrogen-bond acceptors (Lipinski definition) is 4. The second kappa shape index (κ2) is 7.54. The molecule has 2 rings (SSSR count). The smallest absolute Gasteiger partial charge is 0.371 e. The molecular formula is C15H21NO4S. The highest BCUT2D eigenvalue weighted by molar-refractivity contribution is 7.99. The third-order valence-electron chi connectivity index (χ3n) is 3.81. The van der Waals surface area contributed by atoms with E-state index in [4.69, 9.17) is 9.52 Å². The van der Waals surface area contributed by atoms with Crippen LogP contribution in [0.3, 0.4) is 0 Å². The molecule has 1 aliphatic carbocycles. The highest BCUT2D eigenvalue weighted by Gasteiger charge is 2.24. The first-order valence-corrected chi connectivity index (χ1v) is 8.35. The first-order chi connectivity index (χ1) is 10.1. The number of carbonyl (C=O) groups is 2. The van der Waals surface area contributed by atoms with Crippen molar-refractivity contribution in [3.05, 3.63) is 17.9 Å². The number of carboxylic acid groups (broad SMARTS) is 1. The van der Waals surface area contributed by atoms with Crippen molar-refractivity contribution in [1.82, 2.24) is 4.90 Å². The molecule has 0 bridgehead atoms. The third-order valence-corrected chi connectivity index (χ3v) is 4.70. The quantitative estimate of drug-likeness (QED) is 0.817. The summed E-state index contributed by atoms with van der Waals surface area (Å²) < 4.78 is 5.15. The molecular weight excluding hydrogens is 290 g/mol. The van der Waals surface area contributed by atoms with Crippen LogP contribution in [0.2, 0.25) is 0 Å². The Balaban J connectivity index is 1.88. The number of carbonyl (C=O) groups excluding carboxylic acids is 1. The largest absolute Gasteiger partial charge is 0.475 e. The molecule has 5 nitrogen and oxygen atoms in total. The molecule has 0 aliphatic heterocycles. The monoisotopic (exact) mass is 311 g/mol. The molecule has 0 saturated heterocycles. The van der Waals surface area contributed by atoms with Crippen LogP contribution in [-0.4, -0.2) is 40.2 Å². The normalized spacial score (nSPS) is 15.9. The first-order valence-electron chi connectivity index (χ1n) is 7.37. The minimum Gasteiger partial charge on any atom is -0.475 e. The number of thioether (sulfide) groups is 1. The number of rotatable bonds is 6. The standard InChI is InChI=1S/C15H21NO4S/c1-2-16(11-6-4-3-5-7-11)13(17)10-21-14-9-8-12(20-14)15(18)19/h8-9,11H,2-7,10H2,1H3,(H,18,19). The Bertz CT molecular complexity index is 494. The van der Waals surface area contributed by atoms with E-state index < -0.39 is 5.97 Å². The van der Waals surface area contributed by atoms with Crippen LogP contribution < -0.4 is 0 Å². The maximum Gasteiger partial charge on any atom is 0.371 e. The first kappa shape index (κ1) is 15.9. The lowest BCUT2D eigenvalue weighted by Crippen LogP contribution is -2.42. The summed E-state index contributed by atoms with van der Waals surface area (Å²) in [6.07, 6.45) is 5.84. The molecule has 21 heavy (non-hydrogen) atoms. The van der Waals surface area contributed by atoms with Gasteiger partial charge in [0.1, 0.15) is 0 Å². The van der Waals surface area contributed by atoms with Gasteiger partial charge in [-0.05, 0) is 31.9 Å². The Morgan fingerprint density at radius 1 is 1.33 bits per heavy atom. The number of nitrogens with zero attached hydrogens (tertiary/aromatic N) is 1. The van der Waals surface area contributed by atoms with Gasteiger partial charge in [0.15, 0.2) is 5.09 Å². The van der Waals surface area contributed by atoms with E-state index in [0.717, 1.165) is 19.4 Å². The average Bonchev–Trinajstić information content (AvgIpc) is 2.96. The topological polar surface area (TPSA) is 70.8 Å². The molecule has 1 saturated carbocycles. The fourth-order valence-electron chi connectivity index (χ4n) is 2.76. The fourth-order valence-corrected chi connectivity index (χ4v) is 3.50. The molecule has 6 heteroatoms. The minimum absolute atomic E-state index is 0.0930. The van der Waals surface area contributed by atoms with E-state index in [1.54, 1.807) is 6.07 Å². The summed E-state index contributed by atoms with van der Waals surface area (Å²) in [5.74, 6) is -0.797. The van der Waals surface area contributed by atoms with Crippen molar-refractivity contribution in [2.45, 2.75) is 50.2 Å². The molecule has 1 aliphatic rings. The van der Waals surface area contributed by atoms with E-state index in [1.807, 2.05) is 11.8 Å². The van der Waals surface area contributed by atoms with Gasteiger partial charge in [0.25, 0.3) is 0 Å². The molecule has 0 aromatic carbocycles. The van der Waals surface area contributed by atoms with Crippen LogP contribution in [0.4, 0.5) is 0 Å². The van der Waals surface area contributed by atoms with Crippen molar-refractivity contribution < 1.29 is 19.1 Å². The van der Waals surface area contributed by atoms with Gasteiger partial charge in [-0.2, -0.15) is 0 Å². The molecule has 1 fully saturated rings. The van der Waals surface area contributed by atoms with Crippen LogP contribution in [0.15, 0.2) is 21.6 Å². The zero-order chi connectivity index (χ0) is 15.2. The number of amides is 1. The summed E-state index contributed by atoms with van der Waals surface area (Å²) in [5, 5.41) is 9.27. The van der Waals surface area contributed by atoms with Gasteiger partial charge < -0.3 is 14.4 Å². The summed E-state index contributed by atoms with van der Waals surface area (Å²) in [5.41, 5.74) is 0. The van der Waals surface area contributed by atoms with Gasteiger partial charge in [0.05, 0.1) is 5.75 Å². The molecule has 1 aromatic heterocycles. The van der Waals surface area contributed by atoms with E-state index >= 15 is 0 Å². The predicted octanol–water partition coefficient (Wildman–Crippen LogP) is 3.25. The lowest BCUT2D eigenvalue weighted by atomic mass is 9.94. The molecule has 1 amide bonds. The minimum atomic E-state index is -1.09. The molecule has 0 spiro atoms. The van der Waals surface area contributed by atoms with E-state index in [2.05, 4.69) is 0 Å². The predicted molar refractivity (Wildman–Crippen MR) is 80.7 cm³/mol. The van der Waals surface area contributed by atoms with Gasteiger partial charge in [-0.25, -0.2) is 4.79 Å². The molecule has 0 radical (unpaired) electrons. The van der Waals surface area contributed by atoms with Crippen LogP contribution in [0.1, 0.15) is 49.6 Å². The van der Waals surface area contributed by atoms with Gasteiger partial charge in [-0.1, -0.05) is 31.0 Å². The highest BCUT2D eigenvalue weighted by atomic mass is 32.2. The van der Waals surface area contributed by atoms with Crippen LogP contribution in [0.5, 0.6) is 0 Å². The summed E-state index contributed by atoms with van der Waals surface area (Å²) in [4.78, 5) is 25.0. The van der Waals surface area contributed by atoms with Gasteiger partial charge in [-0.15, -0.1) is 0 Å². The molecule has 1 N–H and O–H groups in total. The lowest BCUT2D eigenvalue weighted by molar-refractivity contribution is -0.131. The number of carboxylic acids is 1. The van der Waals surface area contributed by atoms with Crippen molar-refractivity contribution in [3.8, 4) is 0 Å². The lowest BCUT2D eigenvalue weighted by Gasteiger charge is -2.33. The van der Waals surface area contributed by atoms with E-state index in [1.165, 1.54) is 37.1 Å². The Labute approximate surface area is 128 Å². The molecule has 116 valence electrons. The van der Waals surface area contributed by atoms with Crippen molar-refractivity contribution in [2.24, 2.45) is 0 Å². The number of aromatic carboxylic acids is 1. The Hall–Kier alpha value is -1.43. The Morgan fingerprint density at radius 2 is 2.05 bits per heavy atom. The number of furan rings is 1. The van der Waals surface area contributed by atoms with Crippen molar-refractivity contribution >= 4 is 23.6 Å². The SMILES string of the molecule is CCN(C(=O)CSc1ccc(C(=O)O)o1)C1CCCCC1. The van der Waals surface area contributed by atoms with Crippen LogP contribution >= 0.6 is 11.8 Å². The van der Waals surface area contributed by atoms with Crippen molar-refractivity contribution in [1.29, 1.82) is 0 Å². The Morgan fingerprint density at radius 3 is 2.62 bits per heavy atom. The fraction of sp³-hybridized carbons (Fsp3) is 0.600. The molecule has 0 atom stereocenters. The zero-order valence-corrected chi connectivity index (χ0v) is 13.0. The molecule has 0 unspecified atom stereocenters. The average molecular weight is 311 g/mol. The van der Waals surface area contributed by atoms with Crippen LogP contribution in [0, 0.1) is 0 Å². The molecule has 1 aromatic rings. The summed E-state index contributed by atoms with van der Waals surface area (Å²) in [6, 6.07) is 3.37. The second-order valence-corrected chi connectivity index (χ2v) is 6.16. The summed E-state index contributed by atoms with van der Waals surface area (Å²) in [6.45, 7) is 2.73. The van der Waals surface area contributed by atoms with Crippen molar-refractivity contribution in [2.75, 3.05) is 12.3 Å². The summed E-state index contributed by atoms with van der Waals surface area (Å²) >= 11 is 1.25. The van der Waals surface area contributed by atoms with Crippen LogP contribution in [-0.2, 0) is 4.79 Å². The highest BCUT2D eigenvalue weighted by Crippen LogP contribution is 2.25.